The molecule has 3 unspecified atom stereocenters. The summed E-state index contributed by atoms with van der Waals surface area (Å²) in [5, 5.41) is 2.19. The number of hydrogen-bond donors (Lipinski definition) is 0. The van der Waals surface area contributed by atoms with E-state index >= 15 is 0 Å². The second kappa shape index (κ2) is 11.3. The number of nitrogens with zero attached hydrogens (tertiary/aromatic N) is 3. The van der Waals surface area contributed by atoms with Crippen molar-refractivity contribution in [1.82, 2.24) is 15.0 Å². The minimum absolute atomic E-state index is 0.347. The van der Waals surface area contributed by atoms with E-state index in [1.807, 2.05) is 12.1 Å². The first kappa shape index (κ1) is 32.9. The topological polar surface area (TPSA) is 61.0 Å². The highest BCUT2D eigenvalue weighted by atomic mass is 16.5. The van der Waals surface area contributed by atoms with Gasteiger partial charge in [0.05, 0.1) is 5.41 Å². The highest BCUT2D eigenvalue weighted by Crippen LogP contribution is 2.84. The van der Waals surface area contributed by atoms with Gasteiger partial charge in [0.1, 0.15) is 22.7 Å². The SMILES string of the molecule is c1ccc2c(c1)Oc1ccccc1C21c2ccccc2-c2cc(-c3nc(-c4ccc(C56C[C@H]7CC8C[C@@H](C5)C87C6)cc4)nc(-c4ccc5c(c4)oc4ccccc45)n3)ccc21. The molecule has 15 rings (SSSR count). The van der Waals surface area contributed by atoms with Crippen LogP contribution in [-0.4, -0.2) is 15.0 Å². The molecule has 0 amide bonds. The van der Waals surface area contributed by atoms with Crippen molar-refractivity contribution in [2.24, 2.45) is 23.2 Å². The summed E-state index contributed by atoms with van der Waals surface area (Å²) in [5.41, 5.74) is 13.7. The molecule has 5 aliphatic carbocycles. The molecule has 0 N–H and O–H groups in total. The van der Waals surface area contributed by atoms with Crippen LogP contribution in [0.15, 0.2) is 162 Å². The second-order valence-corrected chi connectivity index (χ2v) is 18.9. The number of para-hydroxylation sites is 3. The van der Waals surface area contributed by atoms with Gasteiger partial charge in [0.2, 0.25) is 0 Å². The number of aromatic nitrogens is 3. The van der Waals surface area contributed by atoms with E-state index in [0.717, 1.165) is 79.0 Å². The van der Waals surface area contributed by atoms with Crippen LogP contribution in [0.4, 0.5) is 0 Å². The van der Waals surface area contributed by atoms with Crippen LogP contribution in [0, 0.1) is 23.2 Å². The molecule has 1 aliphatic heterocycles. The van der Waals surface area contributed by atoms with Crippen LogP contribution in [0.25, 0.3) is 67.2 Å². The molecule has 2 bridgehead atoms. The molecule has 5 nitrogen and oxygen atoms in total. The summed E-state index contributed by atoms with van der Waals surface area (Å²) in [6.07, 6.45) is 7.08. The lowest BCUT2D eigenvalue weighted by molar-refractivity contribution is -0.175. The van der Waals surface area contributed by atoms with Crippen molar-refractivity contribution < 1.29 is 9.15 Å². The summed E-state index contributed by atoms with van der Waals surface area (Å²) in [7, 11) is 0. The molecule has 4 saturated carbocycles. The van der Waals surface area contributed by atoms with Crippen LogP contribution in [0.5, 0.6) is 11.5 Å². The first-order valence-corrected chi connectivity index (χ1v) is 22.0. The monoisotopic (exact) mass is 785 g/mol. The molecule has 2 aromatic heterocycles. The van der Waals surface area contributed by atoms with Crippen molar-refractivity contribution in [3.63, 3.8) is 0 Å². The first-order chi connectivity index (χ1) is 30.1. The predicted octanol–water partition coefficient (Wildman–Crippen LogP) is 13.3. The van der Waals surface area contributed by atoms with Gasteiger partial charge in [0.25, 0.3) is 0 Å². The lowest BCUT2D eigenvalue weighted by Gasteiger charge is -2.66. The molecular weight excluding hydrogens is 747 g/mol. The van der Waals surface area contributed by atoms with Crippen LogP contribution in [0.3, 0.4) is 0 Å². The summed E-state index contributed by atoms with van der Waals surface area (Å²) >= 11 is 0. The zero-order valence-electron chi connectivity index (χ0n) is 33.4. The summed E-state index contributed by atoms with van der Waals surface area (Å²) in [4.78, 5) is 15.8. The quantitative estimate of drug-likeness (QED) is 0.178. The smallest absolute Gasteiger partial charge is 0.164 e. The van der Waals surface area contributed by atoms with E-state index in [2.05, 4.69) is 146 Å². The molecule has 7 aromatic carbocycles. The maximum absolute atomic E-state index is 6.58. The molecule has 5 atom stereocenters. The summed E-state index contributed by atoms with van der Waals surface area (Å²) < 4.78 is 12.9. The molecule has 6 aliphatic rings. The largest absolute Gasteiger partial charge is 0.457 e. The number of fused-ring (bicyclic) bond motifs is 13. The normalized spacial score (nSPS) is 25.0. The molecule has 0 saturated heterocycles. The molecule has 3 heterocycles. The fraction of sp³-hybridized carbons (Fsp3) is 0.196. The Kier molecular flexibility index (Phi) is 6.10. The third-order valence-corrected chi connectivity index (χ3v) is 16.5. The van der Waals surface area contributed by atoms with Crippen molar-refractivity contribution in [1.29, 1.82) is 0 Å². The number of hydrogen-bond acceptors (Lipinski definition) is 5. The number of furan rings is 1. The van der Waals surface area contributed by atoms with Gasteiger partial charge < -0.3 is 9.15 Å². The maximum atomic E-state index is 6.58. The van der Waals surface area contributed by atoms with Gasteiger partial charge in [-0.1, -0.05) is 121 Å². The van der Waals surface area contributed by atoms with Gasteiger partial charge in [-0.2, -0.15) is 0 Å². The van der Waals surface area contributed by atoms with E-state index < -0.39 is 5.41 Å². The Hall–Kier alpha value is -6.85. The van der Waals surface area contributed by atoms with Gasteiger partial charge in [-0.3, -0.25) is 0 Å². The zero-order chi connectivity index (χ0) is 39.7. The third-order valence-electron chi connectivity index (χ3n) is 16.5. The van der Waals surface area contributed by atoms with E-state index in [-0.39, 0.29) is 0 Å². The standard InChI is InChI=1S/C56H39N3O2/c1-3-11-43-39(9-1)42-25-33(20-24-44(42)56(43)45-12-4-7-15-48(45)61-49-16-8-5-13-46(49)56)52-57-51(58-53(59-52)34-19-23-41-40-10-2-6-14-47(40)60-50(41)26-34)32-17-21-35(22-18-32)54-29-37-27-36-28-38(30-54)55(36,37)31-54/h1-26,36-38H,27-31H2/t36?,37-,38+,54?,55?. The Morgan fingerprint density at radius 3 is 1.75 bits per heavy atom. The van der Waals surface area contributed by atoms with Crippen molar-refractivity contribution >= 4 is 21.9 Å². The van der Waals surface area contributed by atoms with Crippen LogP contribution < -0.4 is 4.74 Å². The van der Waals surface area contributed by atoms with Crippen molar-refractivity contribution in [2.45, 2.75) is 42.9 Å². The Bertz CT molecular complexity index is 3320. The van der Waals surface area contributed by atoms with E-state index in [9.17, 15) is 0 Å². The minimum Gasteiger partial charge on any atom is -0.457 e. The highest BCUT2D eigenvalue weighted by Gasteiger charge is 2.77. The fourth-order valence-corrected chi connectivity index (χ4v) is 14.0. The van der Waals surface area contributed by atoms with E-state index in [1.165, 1.54) is 59.9 Å². The molecule has 61 heavy (non-hydrogen) atoms. The third kappa shape index (κ3) is 4.06. The van der Waals surface area contributed by atoms with Gasteiger partial charge in [-0.15, -0.1) is 0 Å². The zero-order valence-corrected chi connectivity index (χ0v) is 33.4. The summed E-state index contributed by atoms with van der Waals surface area (Å²) in [6, 6.07) is 56.5. The molecular formula is C56H39N3O2. The molecule has 5 heteroatoms. The Morgan fingerprint density at radius 1 is 0.459 bits per heavy atom. The van der Waals surface area contributed by atoms with Gasteiger partial charge in [0, 0.05) is 38.6 Å². The summed E-state index contributed by atoms with van der Waals surface area (Å²) in [5.74, 6) is 6.63. The number of benzene rings is 7. The van der Waals surface area contributed by atoms with E-state index in [0.29, 0.717) is 28.3 Å². The van der Waals surface area contributed by atoms with E-state index in [4.69, 9.17) is 24.1 Å². The molecule has 2 spiro atoms. The van der Waals surface area contributed by atoms with Crippen molar-refractivity contribution in [2.75, 3.05) is 0 Å². The minimum atomic E-state index is -0.535. The maximum Gasteiger partial charge on any atom is 0.164 e. The molecule has 290 valence electrons. The van der Waals surface area contributed by atoms with Gasteiger partial charge in [-0.05, 0) is 125 Å². The fourth-order valence-electron chi connectivity index (χ4n) is 14.0. The van der Waals surface area contributed by atoms with Gasteiger partial charge in [0.15, 0.2) is 17.5 Å². The van der Waals surface area contributed by atoms with Crippen LogP contribution >= 0.6 is 0 Å². The first-order valence-electron chi connectivity index (χ1n) is 22.0. The van der Waals surface area contributed by atoms with Gasteiger partial charge >= 0.3 is 0 Å². The highest BCUT2D eigenvalue weighted by molar-refractivity contribution is 6.05. The lowest BCUT2D eigenvalue weighted by atomic mass is 9.38. The summed E-state index contributed by atoms with van der Waals surface area (Å²) in [6.45, 7) is 0. The molecule has 0 radical (unpaired) electrons. The van der Waals surface area contributed by atoms with Crippen LogP contribution in [-0.2, 0) is 10.8 Å². The van der Waals surface area contributed by atoms with Crippen molar-refractivity contribution in [3.8, 4) is 56.8 Å². The Labute approximate surface area is 353 Å². The predicted molar refractivity (Wildman–Crippen MR) is 238 cm³/mol. The lowest BCUT2D eigenvalue weighted by Crippen LogP contribution is -2.59. The molecule has 9 aromatic rings. The van der Waals surface area contributed by atoms with Gasteiger partial charge in [-0.25, -0.2) is 15.0 Å². The van der Waals surface area contributed by atoms with E-state index in [1.54, 1.807) is 0 Å². The average molecular weight is 786 g/mol. The number of rotatable bonds is 4. The number of ether oxygens (including phenoxy) is 1. The van der Waals surface area contributed by atoms with Crippen LogP contribution in [0.1, 0.15) is 59.9 Å². The Morgan fingerprint density at radius 2 is 1.03 bits per heavy atom. The second-order valence-electron chi connectivity index (χ2n) is 18.9. The van der Waals surface area contributed by atoms with Crippen LogP contribution in [0.2, 0.25) is 0 Å². The van der Waals surface area contributed by atoms with Crippen molar-refractivity contribution in [3.05, 3.63) is 186 Å². The average Bonchev–Trinajstić information content (AvgIpc) is 4.02. The Balaban J connectivity index is 0.902. The molecule has 4 fully saturated rings.